The van der Waals surface area contributed by atoms with Crippen molar-refractivity contribution in [3.8, 4) is 0 Å². The van der Waals surface area contributed by atoms with E-state index in [2.05, 4.69) is 26.1 Å². The van der Waals surface area contributed by atoms with Gasteiger partial charge in [-0.15, -0.1) is 0 Å². The predicted molar refractivity (Wildman–Crippen MR) is 50.6 cm³/mol. The van der Waals surface area contributed by atoms with Crippen molar-refractivity contribution >= 4 is 0 Å². The summed E-state index contributed by atoms with van der Waals surface area (Å²) >= 11 is 0. The third kappa shape index (κ3) is 6.32. The van der Waals surface area contributed by atoms with E-state index in [9.17, 15) is 0 Å². The van der Waals surface area contributed by atoms with Crippen LogP contribution in [0.25, 0.3) is 0 Å². The highest BCUT2D eigenvalue weighted by Crippen LogP contribution is 1.98. The minimum Gasteiger partial charge on any atom is -0.330 e. The van der Waals surface area contributed by atoms with E-state index in [0.717, 1.165) is 13.0 Å². The summed E-state index contributed by atoms with van der Waals surface area (Å²) in [5, 5.41) is 3.50. The highest BCUT2D eigenvalue weighted by molar-refractivity contribution is 4.66. The van der Waals surface area contributed by atoms with Gasteiger partial charge in [0.05, 0.1) is 0 Å². The fourth-order valence-electron chi connectivity index (χ4n) is 1.34. The summed E-state index contributed by atoms with van der Waals surface area (Å²) in [5.41, 5.74) is 5.44. The Balaban J connectivity index is 3.32. The van der Waals surface area contributed by atoms with Gasteiger partial charge in [-0.3, -0.25) is 0 Å². The van der Waals surface area contributed by atoms with Crippen LogP contribution in [-0.2, 0) is 0 Å². The van der Waals surface area contributed by atoms with Gasteiger partial charge in [0.15, 0.2) is 0 Å². The van der Waals surface area contributed by atoms with Gasteiger partial charge in [-0.25, -0.2) is 0 Å². The van der Waals surface area contributed by atoms with Gasteiger partial charge in [-0.05, 0) is 33.2 Å². The van der Waals surface area contributed by atoms with Gasteiger partial charge in [0.1, 0.15) is 0 Å². The van der Waals surface area contributed by atoms with Gasteiger partial charge < -0.3 is 11.1 Å². The van der Waals surface area contributed by atoms with Crippen molar-refractivity contribution in [2.45, 2.75) is 52.1 Å². The van der Waals surface area contributed by atoms with Crippen LogP contribution in [0.1, 0.15) is 40.0 Å². The molecule has 0 aromatic carbocycles. The fourth-order valence-corrected chi connectivity index (χ4v) is 1.34. The Morgan fingerprint density at radius 2 is 1.73 bits per heavy atom. The smallest absolute Gasteiger partial charge is 0.00532 e. The normalized spacial score (nSPS) is 16.4. The van der Waals surface area contributed by atoms with Crippen molar-refractivity contribution in [1.29, 1.82) is 0 Å². The average molecular weight is 158 g/mol. The highest BCUT2D eigenvalue weighted by atomic mass is 14.9. The zero-order valence-electron chi connectivity index (χ0n) is 8.06. The van der Waals surface area contributed by atoms with Gasteiger partial charge >= 0.3 is 0 Å². The molecule has 0 amide bonds. The lowest BCUT2D eigenvalue weighted by atomic mass is 10.1. The van der Waals surface area contributed by atoms with Crippen LogP contribution in [-0.4, -0.2) is 18.6 Å². The Bertz CT molecular complexity index is 73.6. The Labute approximate surface area is 70.5 Å². The number of nitrogens with two attached hydrogens (primary N) is 1. The summed E-state index contributed by atoms with van der Waals surface area (Å²) in [6, 6.07) is 1.21. The SMILES string of the molecule is CCCC(C)NC(C)CCN. The van der Waals surface area contributed by atoms with Crippen LogP contribution >= 0.6 is 0 Å². The van der Waals surface area contributed by atoms with E-state index in [0.29, 0.717) is 12.1 Å². The first-order chi connectivity index (χ1) is 5.20. The second-order valence-corrected chi connectivity index (χ2v) is 3.33. The van der Waals surface area contributed by atoms with Crippen molar-refractivity contribution in [2.75, 3.05) is 6.54 Å². The van der Waals surface area contributed by atoms with E-state index >= 15 is 0 Å². The molecule has 0 saturated carbocycles. The molecule has 0 radical (unpaired) electrons. The minimum atomic E-state index is 0.571. The number of hydrogen-bond donors (Lipinski definition) is 2. The quantitative estimate of drug-likeness (QED) is 0.615. The average Bonchev–Trinajstić information content (AvgIpc) is 1.87. The lowest BCUT2D eigenvalue weighted by Gasteiger charge is -2.18. The van der Waals surface area contributed by atoms with E-state index in [1.165, 1.54) is 12.8 Å². The maximum Gasteiger partial charge on any atom is 0.00532 e. The number of hydrogen-bond acceptors (Lipinski definition) is 2. The Hall–Kier alpha value is -0.0800. The van der Waals surface area contributed by atoms with E-state index in [4.69, 9.17) is 5.73 Å². The topological polar surface area (TPSA) is 38.0 Å². The summed E-state index contributed by atoms with van der Waals surface area (Å²) in [6.45, 7) is 7.42. The molecule has 2 nitrogen and oxygen atoms in total. The Morgan fingerprint density at radius 3 is 2.18 bits per heavy atom. The molecule has 0 aliphatic rings. The molecule has 2 atom stereocenters. The van der Waals surface area contributed by atoms with E-state index in [1.807, 2.05) is 0 Å². The second-order valence-electron chi connectivity index (χ2n) is 3.33. The summed E-state index contributed by atoms with van der Waals surface area (Å²) in [7, 11) is 0. The molecule has 0 bridgehead atoms. The minimum absolute atomic E-state index is 0.571. The van der Waals surface area contributed by atoms with Gasteiger partial charge in [0.25, 0.3) is 0 Å². The van der Waals surface area contributed by atoms with Gasteiger partial charge in [0.2, 0.25) is 0 Å². The summed E-state index contributed by atoms with van der Waals surface area (Å²) in [5.74, 6) is 0. The molecule has 0 aromatic heterocycles. The summed E-state index contributed by atoms with van der Waals surface area (Å²) in [6.07, 6.45) is 3.59. The van der Waals surface area contributed by atoms with Gasteiger partial charge in [-0.1, -0.05) is 13.3 Å². The molecule has 0 heterocycles. The Kier molecular flexibility index (Phi) is 6.57. The van der Waals surface area contributed by atoms with Gasteiger partial charge in [-0.2, -0.15) is 0 Å². The third-order valence-corrected chi connectivity index (χ3v) is 1.89. The molecule has 11 heavy (non-hydrogen) atoms. The highest BCUT2D eigenvalue weighted by Gasteiger charge is 2.04. The maximum absolute atomic E-state index is 5.44. The molecule has 0 aromatic rings. The molecule has 0 fully saturated rings. The molecule has 68 valence electrons. The zero-order chi connectivity index (χ0) is 8.69. The van der Waals surface area contributed by atoms with E-state index in [1.54, 1.807) is 0 Å². The van der Waals surface area contributed by atoms with Crippen LogP contribution in [0.3, 0.4) is 0 Å². The predicted octanol–water partition coefficient (Wildman–Crippen LogP) is 1.50. The first-order valence-corrected chi connectivity index (χ1v) is 4.66. The van der Waals surface area contributed by atoms with Crippen molar-refractivity contribution in [2.24, 2.45) is 5.73 Å². The summed E-state index contributed by atoms with van der Waals surface area (Å²) in [4.78, 5) is 0. The van der Waals surface area contributed by atoms with Crippen molar-refractivity contribution in [3.05, 3.63) is 0 Å². The second kappa shape index (κ2) is 6.62. The Morgan fingerprint density at radius 1 is 1.18 bits per heavy atom. The maximum atomic E-state index is 5.44. The molecule has 3 N–H and O–H groups in total. The monoisotopic (exact) mass is 158 g/mol. The molecule has 0 rings (SSSR count). The molecule has 2 heteroatoms. The standard InChI is InChI=1S/C9H22N2/c1-4-5-8(2)11-9(3)6-7-10/h8-9,11H,4-7,10H2,1-3H3. The number of nitrogens with one attached hydrogen (secondary N) is 1. The first kappa shape index (κ1) is 10.9. The van der Waals surface area contributed by atoms with E-state index < -0.39 is 0 Å². The van der Waals surface area contributed by atoms with Crippen molar-refractivity contribution in [1.82, 2.24) is 5.32 Å². The van der Waals surface area contributed by atoms with E-state index in [-0.39, 0.29) is 0 Å². The van der Waals surface area contributed by atoms with Crippen LogP contribution in [0.2, 0.25) is 0 Å². The largest absolute Gasteiger partial charge is 0.330 e. The lowest BCUT2D eigenvalue weighted by molar-refractivity contribution is 0.429. The van der Waals surface area contributed by atoms with Crippen LogP contribution in [0.5, 0.6) is 0 Å². The fraction of sp³-hybridized carbons (Fsp3) is 1.00. The van der Waals surface area contributed by atoms with Crippen LogP contribution in [0.4, 0.5) is 0 Å². The molecular weight excluding hydrogens is 136 g/mol. The van der Waals surface area contributed by atoms with Crippen molar-refractivity contribution in [3.63, 3.8) is 0 Å². The molecular formula is C9H22N2. The molecule has 0 spiro atoms. The molecule has 0 aliphatic carbocycles. The van der Waals surface area contributed by atoms with Crippen LogP contribution in [0, 0.1) is 0 Å². The molecule has 0 aliphatic heterocycles. The van der Waals surface area contributed by atoms with Crippen molar-refractivity contribution < 1.29 is 0 Å². The van der Waals surface area contributed by atoms with Crippen LogP contribution in [0.15, 0.2) is 0 Å². The molecule has 0 saturated heterocycles. The third-order valence-electron chi connectivity index (χ3n) is 1.89. The molecule has 2 unspecified atom stereocenters. The number of rotatable bonds is 6. The lowest BCUT2D eigenvalue weighted by Crippen LogP contribution is -2.35. The summed E-state index contributed by atoms with van der Waals surface area (Å²) < 4.78 is 0. The van der Waals surface area contributed by atoms with Gasteiger partial charge in [0, 0.05) is 12.1 Å². The van der Waals surface area contributed by atoms with Crippen LogP contribution < -0.4 is 11.1 Å². The zero-order valence-corrected chi connectivity index (χ0v) is 8.06. The first-order valence-electron chi connectivity index (χ1n) is 4.66.